The highest BCUT2D eigenvalue weighted by molar-refractivity contribution is 5.85. The number of rotatable bonds is 9. The molecule has 0 spiro atoms. The van der Waals surface area contributed by atoms with Crippen LogP contribution < -0.4 is 0 Å². The highest BCUT2D eigenvalue weighted by Crippen LogP contribution is 2.07. The molecule has 2 heteroatoms. The minimum Gasteiger partial charge on any atom is -0.301 e. The summed E-state index contributed by atoms with van der Waals surface area (Å²) in [6.07, 6.45) is 8.45. The van der Waals surface area contributed by atoms with Gasteiger partial charge in [-0.1, -0.05) is 46.0 Å². The molecule has 0 fully saturated rings. The molecule has 0 saturated carbocycles. The lowest BCUT2D eigenvalue weighted by Gasteiger charge is -2.24. The fourth-order valence-corrected chi connectivity index (χ4v) is 1.88. The van der Waals surface area contributed by atoms with E-state index in [1.165, 1.54) is 51.6 Å². The largest absolute Gasteiger partial charge is 0.301 e. The lowest BCUT2D eigenvalue weighted by Crippen LogP contribution is -2.31. The van der Waals surface area contributed by atoms with Gasteiger partial charge in [0.2, 0.25) is 0 Å². The average molecular weight is 236 g/mol. The Hall–Kier alpha value is 0.250. The van der Waals surface area contributed by atoms with Crippen molar-refractivity contribution in [3.05, 3.63) is 0 Å². The second kappa shape index (κ2) is 12.3. The van der Waals surface area contributed by atoms with E-state index < -0.39 is 0 Å². The van der Waals surface area contributed by atoms with Crippen LogP contribution in [0, 0.1) is 0 Å². The number of nitrogens with zero attached hydrogens (tertiary/aromatic N) is 1. The molecule has 0 rings (SSSR count). The Balaban J connectivity index is 0. The predicted molar refractivity (Wildman–Crippen MR) is 73.0 cm³/mol. The summed E-state index contributed by atoms with van der Waals surface area (Å²) in [5.74, 6) is 0. The first-order valence-electron chi connectivity index (χ1n) is 6.46. The van der Waals surface area contributed by atoms with Crippen LogP contribution in [0.3, 0.4) is 0 Å². The third-order valence-electron chi connectivity index (χ3n) is 2.94. The number of unbranched alkanes of at least 4 members (excludes halogenated alkanes) is 5. The van der Waals surface area contributed by atoms with E-state index in [1.807, 2.05) is 0 Å². The van der Waals surface area contributed by atoms with Gasteiger partial charge >= 0.3 is 0 Å². The van der Waals surface area contributed by atoms with E-state index in [2.05, 4.69) is 32.6 Å². The maximum atomic E-state index is 2.56. The monoisotopic (exact) mass is 235 g/mol. The van der Waals surface area contributed by atoms with Crippen molar-refractivity contribution in [2.75, 3.05) is 13.1 Å². The molecule has 0 aromatic heterocycles. The highest BCUT2D eigenvalue weighted by Gasteiger charge is 2.04. The third kappa shape index (κ3) is 10.5. The zero-order valence-corrected chi connectivity index (χ0v) is 11.9. The highest BCUT2D eigenvalue weighted by atomic mass is 35.5. The van der Waals surface area contributed by atoms with E-state index in [0.717, 1.165) is 6.04 Å². The Bertz CT molecular complexity index is 115. The number of hydrogen-bond acceptors (Lipinski definition) is 1. The molecule has 0 aliphatic carbocycles. The second-order valence-corrected chi connectivity index (χ2v) is 4.49. The average Bonchev–Trinajstić information content (AvgIpc) is 2.16. The Morgan fingerprint density at radius 3 is 1.87 bits per heavy atom. The van der Waals surface area contributed by atoms with Crippen molar-refractivity contribution in [2.45, 2.75) is 72.3 Å². The summed E-state index contributed by atoms with van der Waals surface area (Å²) in [6.45, 7) is 11.6. The zero-order chi connectivity index (χ0) is 10.8. The molecule has 0 aromatic rings. The summed E-state index contributed by atoms with van der Waals surface area (Å²) in [5.41, 5.74) is 0. The van der Waals surface area contributed by atoms with E-state index in [1.54, 1.807) is 0 Å². The minimum atomic E-state index is 0. The first-order chi connectivity index (χ1) is 6.72. The third-order valence-corrected chi connectivity index (χ3v) is 2.94. The number of halogens is 1. The van der Waals surface area contributed by atoms with Gasteiger partial charge in [0.05, 0.1) is 0 Å². The lowest BCUT2D eigenvalue weighted by atomic mass is 10.1. The maximum absolute atomic E-state index is 2.56. The van der Waals surface area contributed by atoms with Crippen LogP contribution in [0.1, 0.15) is 66.2 Å². The van der Waals surface area contributed by atoms with Crippen LogP contribution in [-0.2, 0) is 0 Å². The molecule has 0 saturated heterocycles. The van der Waals surface area contributed by atoms with Gasteiger partial charge in [0.25, 0.3) is 0 Å². The van der Waals surface area contributed by atoms with Crippen molar-refractivity contribution in [3.63, 3.8) is 0 Å². The SMILES string of the molecule is CCCCCCCCN(CC)C(C)C.Cl. The van der Waals surface area contributed by atoms with Crippen LogP contribution in [0.5, 0.6) is 0 Å². The van der Waals surface area contributed by atoms with Gasteiger partial charge in [-0.05, 0) is 33.4 Å². The summed E-state index contributed by atoms with van der Waals surface area (Å²) in [7, 11) is 0. The molecule has 0 radical (unpaired) electrons. The van der Waals surface area contributed by atoms with Crippen LogP contribution in [0.25, 0.3) is 0 Å². The van der Waals surface area contributed by atoms with E-state index in [-0.39, 0.29) is 12.4 Å². The molecule has 0 atom stereocenters. The molecular weight excluding hydrogens is 206 g/mol. The second-order valence-electron chi connectivity index (χ2n) is 4.49. The molecule has 0 N–H and O–H groups in total. The van der Waals surface area contributed by atoms with Gasteiger partial charge < -0.3 is 4.90 Å². The molecule has 0 heterocycles. The van der Waals surface area contributed by atoms with Crippen molar-refractivity contribution in [1.82, 2.24) is 4.90 Å². The van der Waals surface area contributed by atoms with E-state index in [9.17, 15) is 0 Å². The fraction of sp³-hybridized carbons (Fsp3) is 1.00. The normalized spacial score (nSPS) is 10.8. The fourth-order valence-electron chi connectivity index (χ4n) is 1.88. The van der Waals surface area contributed by atoms with Crippen molar-refractivity contribution in [1.29, 1.82) is 0 Å². The zero-order valence-electron chi connectivity index (χ0n) is 11.1. The van der Waals surface area contributed by atoms with E-state index >= 15 is 0 Å². The molecule has 0 amide bonds. The maximum Gasteiger partial charge on any atom is 0.00384 e. The standard InChI is InChI=1S/C13H29N.ClH/c1-5-7-8-9-10-11-12-14(6-2)13(3)4;/h13H,5-12H2,1-4H3;1H. The first-order valence-corrected chi connectivity index (χ1v) is 6.46. The van der Waals surface area contributed by atoms with Crippen LogP contribution in [0.2, 0.25) is 0 Å². The first kappa shape index (κ1) is 17.6. The smallest absolute Gasteiger partial charge is 0.00384 e. The summed E-state index contributed by atoms with van der Waals surface area (Å²) in [6, 6.07) is 0.718. The van der Waals surface area contributed by atoms with Gasteiger partial charge in [0, 0.05) is 6.04 Å². The molecular formula is C13H30ClN. The molecule has 0 aliphatic heterocycles. The Morgan fingerprint density at radius 2 is 1.40 bits per heavy atom. The quantitative estimate of drug-likeness (QED) is 0.532. The van der Waals surface area contributed by atoms with Crippen LogP contribution in [0.15, 0.2) is 0 Å². The topological polar surface area (TPSA) is 3.24 Å². The van der Waals surface area contributed by atoms with Gasteiger partial charge in [-0.3, -0.25) is 0 Å². The summed E-state index contributed by atoms with van der Waals surface area (Å²) < 4.78 is 0. The molecule has 0 bridgehead atoms. The molecule has 0 aromatic carbocycles. The van der Waals surface area contributed by atoms with Gasteiger partial charge in [0.15, 0.2) is 0 Å². The minimum absolute atomic E-state index is 0. The Labute approximate surface area is 103 Å². The van der Waals surface area contributed by atoms with Crippen molar-refractivity contribution >= 4 is 12.4 Å². The van der Waals surface area contributed by atoms with E-state index in [0.29, 0.717) is 0 Å². The van der Waals surface area contributed by atoms with Gasteiger partial charge in [-0.2, -0.15) is 0 Å². The molecule has 1 nitrogen and oxygen atoms in total. The molecule has 0 unspecified atom stereocenters. The molecule has 15 heavy (non-hydrogen) atoms. The van der Waals surface area contributed by atoms with Crippen molar-refractivity contribution in [3.8, 4) is 0 Å². The molecule has 94 valence electrons. The van der Waals surface area contributed by atoms with Crippen LogP contribution in [0.4, 0.5) is 0 Å². The van der Waals surface area contributed by atoms with Crippen molar-refractivity contribution in [2.24, 2.45) is 0 Å². The summed E-state index contributed by atoms with van der Waals surface area (Å²) in [4.78, 5) is 2.56. The predicted octanol–water partition coefficient (Wildman–Crippen LogP) is 4.50. The van der Waals surface area contributed by atoms with Crippen molar-refractivity contribution < 1.29 is 0 Å². The van der Waals surface area contributed by atoms with Crippen LogP contribution in [-0.4, -0.2) is 24.0 Å². The van der Waals surface area contributed by atoms with E-state index in [4.69, 9.17) is 0 Å². The Kier molecular flexibility index (Phi) is 14.5. The number of hydrogen-bond donors (Lipinski definition) is 0. The Morgan fingerprint density at radius 1 is 0.867 bits per heavy atom. The lowest BCUT2D eigenvalue weighted by molar-refractivity contribution is 0.228. The molecule has 0 aliphatic rings. The van der Waals surface area contributed by atoms with Gasteiger partial charge in [0.1, 0.15) is 0 Å². The summed E-state index contributed by atoms with van der Waals surface area (Å²) >= 11 is 0. The van der Waals surface area contributed by atoms with Gasteiger partial charge in [-0.25, -0.2) is 0 Å². The van der Waals surface area contributed by atoms with Gasteiger partial charge in [-0.15, -0.1) is 12.4 Å². The summed E-state index contributed by atoms with van der Waals surface area (Å²) in [5, 5.41) is 0. The van der Waals surface area contributed by atoms with Crippen LogP contribution >= 0.6 is 12.4 Å².